The molecule has 0 aromatic rings. The summed E-state index contributed by atoms with van der Waals surface area (Å²) in [7, 11) is 4.26. The van der Waals surface area contributed by atoms with Crippen LogP contribution in [0.25, 0.3) is 0 Å². The van der Waals surface area contributed by atoms with Crippen molar-refractivity contribution in [2.75, 3.05) is 46.8 Å². The van der Waals surface area contributed by atoms with Crippen LogP contribution in [0.5, 0.6) is 0 Å². The monoisotopic (exact) mass is 171 g/mol. The van der Waals surface area contributed by atoms with E-state index in [0.29, 0.717) is 6.04 Å². The van der Waals surface area contributed by atoms with Gasteiger partial charge in [0.1, 0.15) is 0 Å². The highest BCUT2D eigenvalue weighted by Crippen LogP contribution is 1.97. The van der Waals surface area contributed by atoms with Crippen molar-refractivity contribution in [3.8, 4) is 0 Å². The van der Waals surface area contributed by atoms with Gasteiger partial charge in [0.15, 0.2) is 0 Å². The normalized spacial score (nSPS) is 26.5. The van der Waals surface area contributed by atoms with E-state index in [0.717, 1.165) is 6.54 Å². The molecule has 1 fully saturated rings. The molecule has 0 saturated carbocycles. The molecule has 0 radical (unpaired) electrons. The van der Waals surface area contributed by atoms with Crippen LogP contribution in [0, 0.1) is 0 Å². The Morgan fingerprint density at radius 1 is 1.50 bits per heavy atom. The molecule has 1 heterocycles. The van der Waals surface area contributed by atoms with E-state index >= 15 is 0 Å². The molecule has 12 heavy (non-hydrogen) atoms. The Balaban J connectivity index is 2.14. The zero-order valence-corrected chi connectivity index (χ0v) is 8.51. The lowest BCUT2D eigenvalue weighted by atomic mass is 10.2. The third kappa shape index (κ3) is 3.52. The van der Waals surface area contributed by atoms with Gasteiger partial charge in [-0.15, -0.1) is 0 Å². The Labute approximate surface area is 75.7 Å². The number of piperazine rings is 1. The molecule has 0 aromatic carbocycles. The van der Waals surface area contributed by atoms with E-state index in [9.17, 15) is 0 Å². The minimum Gasteiger partial charge on any atom is -0.312 e. The smallest absolute Gasteiger partial charge is 0.0167 e. The van der Waals surface area contributed by atoms with Gasteiger partial charge in [0, 0.05) is 38.8 Å². The first-order valence-electron chi connectivity index (χ1n) is 4.79. The highest BCUT2D eigenvalue weighted by Gasteiger charge is 2.14. The van der Waals surface area contributed by atoms with Crippen molar-refractivity contribution in [3.05, 3.63) is 0 Å². The van der Waals surface area contributed by atoms with Crippen molar-refractivity contribution in [2.24, 2.45) is 0 Å². The number of hydrogen-bond donors (Lipinski definition) is 1. The summed E-state index contributed by atoms with van der Waals surface area (Å²) in [4.78, 5) is 4.77. The molecule has 1 aliphatic rings. The van der Waals surface area contributed by atoms with Crippen LogP contribution < -0.4 is 5.32 Å². The Kier molecular flexibility index (Phi) is 3.98. The maximum Gasteiger partial charge on any atom is 0.0167 e. The number of nitrogens with one attached hydrogen (secondary N) is 1. The lowest BCUT2D eigenvalue weighted by Gasteiger charge is -2.32. The highest BCUT2D eigenvalue weighted by atomic mass is 15.2. The number of rotatable bonds is 3. The summed E-state index contributed by atoms with van der Waals surface area (Å²) in [6.45, 7) is 8.19. The quantitative estimate of drug-likeness (QED) is 0.637. The first-order valence-corrected chi connectivity index (χ1v) is 4.79. The van der Waals surface area contributed by atoms with E-state index in [4.69, 9.17) is 0 Å². The van der Waals surface area contributed by atoms with Gasteiger partial charge >= 0.3 is 0 Å². The maximum atomic E-state index is 3.44. The first-order chi connectivity index (χ1) is 5.68. The van der Waals surface area contributed by atoms with Crippen LogP contribution in [0.3, 0.4) is 0 Å². The average Bonchev–Trinajstić information content (AvgIpc) is 2.01. The molecule has 3 heteroatoms. The summed E-state index contributed by atoms with van der Waals surface area (Å²) in [5, 5.41) is 3.44. The van der Waals surface area contributed by atoms with Gasteiger partial charge < -0.3 is 10.2 Å². The lowest BCUT2D eigenvalue weighted by molar-refractivity contribution is 0.189. The van der Waals surface area contributed by atoms with Gasteiger partial charge in [-0.05, 0) is 21.0 Å². The molecule has 72 valence electrons. The van der Waals surface area contributed by atoms with E-state index in [1.54, 1.807) is 0 Å². The summed E-state index contributed by atoms with van der Waals surface area (Å²) < 4.78 is 0. The Morgan fingerprint density at radius 3 is 2.83 bits per heavy atom. The van der Waals surface area contributed by atoms with Gasteiger partial charge in [0.05, 0.1) is 0 Å². The van der Waals surface area contributed by atoms with Crippen molar-refractivity contribution < 1.29 is 0 Å². The van der Waals surface area contributed by atoms with Crippen LogP contribution in [-0.2, 0) is 0 Å². The number of nitrogens with zero attached hydrogens (tertiary/aromatic N) is 2. The molecule has 0 unspecified atom stereocenters. The molecular formula is C9H21N3. The zero-order valence-electron chi connectivity index (χ0n) is 8.51. The second kappa shape index (κ2) is 4.80. The minimum atomic E-state index is 0.668. The fourth-order valence-corrected chi connectivity index (χ4v) is 1.56. The first kappa shape index (κ1) is 9.96. The van der Waals surface area contributed by atoms with Crippen molar-refractivity contribution in [1.82, 2.24) is 15.1 Å². The van der Waals surface area contributed by atoms with Gasteiger partial charge in [0.2, 0.25) is 0 Å². The van der Waals surface area contributed by atoms with Gasteiger partial charge in [-0.2, -0.15) is 0 Å². The molecule has 0 bridgehead atoms. The second-order valence-electron chi connectivity index (χ2n) is 3.96. The van der Waals surface area contributed by atoms with Crippen LogP contribution in [0.15, 0.2) is 0 Å². The standard InChI is InChI=1S/C9H21N3/c1-9-8-12(5-4-10-9)7-6-11(2)3/h9-10H,4-8H2,1-3H3/t9-/m1/s1. The second-order valence-corrected chi connectivity index (χ2v) is 3.96. The fourth-order valence-electron chi connectivity index (χ4n) is 1.56. The Bertz CT molecular complexity index is 125. The van der Waals surface area contributed by atoms with Crippen molar-refractivity contribution in [3.63, 3.8) is 0 Å². The Hall–Kier alpha value is -0.120. The molecule has 1 atom stereocenters. The molecule has 0 aromatic heterocycles. The van der Waals surface area contributed by atoms with Gasteiger partial charge in [-0.1, -0.05) is 0 Å². The van der Waals surface area contributed by atoms with Crippen molar-refractivity contribution in [1.29, 1.82) is 0 Å². The summed E-state index contributed by atoms with van der Waals surface area (Å²) >= 11 is 0. The van der Waals surface area contributed by atoms with E-state index in [1.807, 2.05) is 0 Å². The molecule has 3 nitrogen and oxygen atoms in total. The topological polar surface area (TPSA) is 18.5 Å². The van der Waals surface area contributed by atoms with E-state index in [2.05, 4.69) is 36.1 Å². The maximum absolute atomic E-state index is 3.44. The van der Waals surface area contributed by atoms with Crippen molar-refractivity contribution >= 4 is 0 Å². The summed E-state index contributed by atoms with van der Waals surface area (Å²) in [6, 6.07) is 0.668. The van der Waals surface area contributed by atoms with Crippen LogP contribution in [0.1, 0.15) is 6.92 Å². The third-order valence-corrected chi connectivity index (χ3v) is 2.32. The molecule has 1 aliphatic heterocycles. The Morgan fingerprint density at radius 2 is 2.25 bits per heavy atom. The van der Waals surface area contributed by atoms with Crippen molar-refractivity contribution in [2.45, 2.75) is 13.0 Å². The van der Waals surface area contributed by atoms with Crippen LogP contribution in [-0.4, -0.2) is 62.7 Å². The predicted octanol–water partition coefficient (Wildman–Crippen LogP) is -0.158. The molecule has 0 aliphatic carbocycles. The SMILES string of the molecule is C[C@@H]1CN(CCN(C)C)CCN1. The number of likely N-dealkylation sites (N-methyl/N-ethyl adjacent to an activating group) is 1. The summed E-state index contributed by atoms with van der Waals surface area (Å²) in [6.07, 6.45) is 0. The molecule has 1 saturated heterocycles. The summed E-state index contributed by atoms with van der Waals surface area (Å²) in [5.74, 6) is 0. The molecule has 0 amide bonds. The lowest BCUT2D eigenvalue weighted by Crippen LogP contribution is -2.50. The van der Waals surface area contributed by atoms with Gasteiger partial charge in [0.25, 0.3) is 0 Å². The molecule has 1 N–H and O–H groups in total. The van der Waals surface area contributed by atoms with Crippen LogP contribution in [0.4, 0.5) is 0 Å². The summed E-state index contributed by atoms with van der Waals surface area (Å²) in [5.41, 5.74) is 0. The average molecular weight is 171 g/mol. The molecule has 1 rings (SSSR count). The fraction of sp³-hybridized carbons (Fsp3) is 1.00. The van der Waals surface area contributed by atoms with Crippen LogP contribution in [0.2, 0.25) is 0 Å². The van der Waals surface area contributed by atoms with E-state index in [-0.39, 0.29) is 0 Å². The highest BCUT2D eigenvalue weighted by molar-refractivity contribution is 4.74. The largest absolute Gasteiger partial charge is 0.312 e. The zero-order chi connectivity index (χ0) is 8.97. The van der Waals surface area contributed by atoms with Gasteiger partial charge in [-0.3, -0.25) is 4.90 Å². The predicted molar refractivity (Wildman–Crippen MR) is 52.5 cm³/mol. The van der Waals surface area contributed by atoms with Crippen LogP contribution >= 0.6 is 0 Å². The van der Waals surface area contributed by atoms with E-state index < -0.39 is 0 Å². The third-order valence-electron chi connectivity index (χ3n) is 2.32. The van der Waals surface area contributed by atoms with Gasteiger partial charge in [-0.25, -0.2) is 0 Å². The molecule has 0 spiro atoms. The molecular weight excluding hydrogens is 150 g/mol. The minimum absolute atomic E-state index is 0.668. The number of hydrogen-bond acceptors (Lipinski definition) is 3. The van der Waals surface area contributed by atoms with E-state index in [1.165, 1.54) is 26.2 Å².